The molecule has 0 bridgehead atoms. The summed E-state index contributed by atoms with van der Waals surface area (Å²) < 4.78 is 40.1. The average Bonchev–Trinajstić information content (AvgIpc) is 2.70. The van der Waals surface area contributed by atoms with Crippen LogP contribution in [0.3, 0.4) is 0 Å². The molecular weight excluding hydrogens is 379 g/mol. The van der Waals surface area contributed by atoms with Gasteiger partial charge in [-0.2, -0.15) is 0 Å². The van der Waals surface area contributed by atoms with Gasteiger partial charge < -0.3 is 14.0 Å². The van der Waals surface area contributed by atoms with Crippen LogP contribution >= 0.6 is 7.82 Å². The number of phosphoric acid groups is 1. The summed E-state index contributed by atoms with van der Waals surface area (Å²) in [6.45, 7) is 4.70. The molecule has 0 N–H and O–H groups in total. The highest BCUT2D eigenvalue weighted by atomic mass is 31.2. The van der Waals surface area contributed by atoms with Gasteiger partial charge in [-0.05, 0) is 50.5 Å². The smallest absolute Gasteiger partial charge is 0.464 e. The molecule has 1 heterocycles. The minimum Gasteiger partial charge on any atom is -0.464 e. The molecular formula is C21H27O6P. The minimum absolute atomic E-state index is 0.208. The van der Waals surface area contributed by atoms with E-state index in [0.29, 0.717) is 5.75 Å². The van der Waals surface area contributed by atoms with Gasteiger partial charge in [0.1, 0.15) is 11.5 Å². The van der Waals surface area contributed by atoms with Gasteiger partial charge in [-0.3, -0.25) is 9.05 Å². The molecule has 3 rings (SSSR count). The van der Waals surface area contributed by atoms with Gasteiger partial charge in [-0.25, -0.2) is 4.57 Å². The van der Waals surface area contributed by atoms with Gasteiger partial charge in [0.05, 0.1) is 19.8 Å². The van der Waals surface area contributed by atoms with Crippen molar-refractivity contribution in [2.75, 3.05) is 19.8 Å². The fourth-order valence-corrected chi connectivity index (χ4v) is 4.18. The molecule has 2 aromatic carbocycles. The topological polar surface area (TPSA) is 63.2 Å². The standard InChI is InChI=1S/C21H27O6P/c1-3-24-28(22,25-4-2)27-18-14-12-17(13-15-18)19-9-5-6-10-20(19)26-21-11-7-8-16-23-21/h5-6,9-10,12-15,21H,3-4,7-8,11,16H2,1-2H3. The van der Waals surface area contributed by atoms with Crippen LogP contribution in [0.1, 0.15) is 33.1 Å². The second-order valence-electron chi connectivity index (χ2n) is 6.31. The molecule has 0 amide bonds. The van der Waals surface area contributed by atoms with Gasteiger partial charge in [-0.1, -0.05) is 30.3 Å². The van der Waals surface area contributed by atoms with Crippen LogP contribution in [0.2, 0.25) is 0 Å². The van der Waals surface area contributed by atoms with Gasteiger partial charge in [0.25, 0.3) is 0 Å². The number of phosphoric ester groups is 1. The Bertz CT molecular complexity index is 776. The molecule has 0 spiro atoms. The first kappa shape index (κ1) is 20.9. The number of rotatable bonds is 9. The normalized spacial score (nSPS) is 17.3. The Balaban J connectivity index is 1.75. The zero-order valence-electron chi connectivity index (χ0n) is 16.3. The maximum atomic E-state index is 12.5. The number of hydrogen-bond acceptors (Lipinski definition) is 6. The Morgan fingerprint density at radius 2 is 1.71 bits per heavy atom. The molecule has 0 radical (unpaired) electrons. The highest BCUT2D eigenvalue weighted by Crippen LogP contribution is 2.49. The van der Waals surface area contributed by atoms with Crippen molar-refractivity contribution < 1.29 is 27.6 Å². The van der Waals surface area contributed by atoms with Crippen LogP contribution in [-0.4, -0.2) is 26.1 Å². The Morgan fingerprint density at radius 1 is 1.00 bits per heavy atom. The van der Waals surface area contributed by atoms with Crippen molar-refractivity contribution in [1.29, 1.82) is 0 Å². The van der Waals surface area contributed by atoms with Gasteiger partial charge in [0.2, 0.25) is 0 Å². The van der Waals surface area contributed by atoms with Crippen LogP contribution in [0.5, 0.6) is 11.5 Å². The lowest BCUT2D eigenvalue weighted by Gasteiger charge is -2.24. The first-order valence-corrected chi connectivity index (χ1v) is 11.2. The van der Waals surface area contributed by atoms with E-state index in [4.69, 9.17) is 23.0 Å². The Hall–Kier alpha value is -1.85. The van der Waals surface area contributed by atoms with Crippen LogP contribution < -0.4 is 9.26 Å². The fraction of sp³-hybridized carbons (Fsp3) is 0.429. The third kappa shape index (κ3) is 5.58. The summed E-state index contributed by atoms with van der Waals surface area (Å²) in [6, 6.07) is 15.1. The molecule has 0 aromatic heterocycles. The van der Waals surface area contributed by atoms with E-state index in [1.807, 2.05) is 36.4 Å². The third-order valence-corrected chi connectivity index (χ3v) is 5.82. The number of ether oxygens (including phenoxy) is 2. The predicted molar refractivity (Wildman–Crippen MR) is 108 cm³/mol. The lowest BCUT2D eigenvalue weighted by molar-refractivity contribution is -0.105. The predicted octanol–water partition coefficient (Wildman–Crippen LogP) is 5.82. The van der Waals surface area contributed by atoms with Crippen molar-refractivity contribution in [3.8, 4) is 22.6 Å². The fourth-order valence-electron chi connectivity index (χ4n) is 2.98. The minimum atomic E-state index is -3.60. The summed E-state index contributed by atoms with van der Waals surface area (Å²) in [5.41, 5.74) is 1.92. The summed E-state index contributed by atoms with van der Waals surface area (Å²) in [6.07, 6.45) is 2.88. The van der Waals surface area contributed by atoms with Crippen molar-refractivity contribution in [2.24, 2.45) is 0 Å². The third-order valence-electron chi connectivity index (χ3n) is 4.24. The van der Waals surface area contributed by atoms with Gasteiger partial charge in [0.15, 0.2) is 6.29 Å². The molecule has 0 saturated carbocycles. The van der Waals surface area contributed by atoms with E-state index in [0.717, 1.165) is 42.7 Å². The monoisotopic (exact) mass is 406 g/mol. The molecule has 2 aromatic rings. The Kier molecular flexibility index (Phi) is 7.51. The van der Waals surface area contributed by atoms with E-state index in [-0.39, 0.29) is 19.5 Å². The molecule has 1 aliphatic rings. The maximum Gasteiger partial charge on any atom is 0.530 e. The number of benzene rings is 2. The van der Waals surface area contributed by atoms with Crippen molar-refractivity contribution in [1.82, 2.24) is 0 Å². The lowest BCUT2D eigenvalue weighted by atomic mass is 10.0. The van der Waals surface area contributed by atoms with E-state index in [2.05, 4.69) is 0 Å². The van der Waals surface area contributed by atoms with Crippen LogP contribution in [-0.2, 0) is 18.3 Å². The number of hydrogen-bond donors (Lipinski definition) is 0. The summed E-state index contributed by atoms with van der Waals surface area (Å²) in [4.78, 5) is 0. The van der Waals surface area contributed by atoms with Crippen molar-refractivity contribution in [3.63, 3.8) is 0 Å². The molecule has 1 aliphatic heterocycles. The zero-order valence-corrected chi connectivity index (χ0v) is 17.2. The first-order valence-electron chi connectivity index (χ1n) is 9.70. The second-order valence-corrected chi connectivity index (χ2v) is 7.90. The molecule has 6 nitrogen and oxygen atoms in total. The second kappa shape index (κ2) is 10.1. The van der Waals surface area contributed by atoms with E-state index < -0.39 is 7.82 Å². The van der Waals surface area contributed by atoms with E-state index in [1.165, 1.54) is 0 Å². The van der Waals surface area contributed by atoms with Crippen molar-refractivity contribution in [2.45, 2.75) is 39.4 Å². The van der Waals surface area contributed by atoms with Crippen molar-refractivity contribution >= 4 is 7.82 Å². The highest BCUT2D eigenvalue weighted by molar-refractivity contribution is 7.48. The van der Waals surface area contributed by atoms with Gasteiger partial charge >= 0.3 is 7.82 Å². The summed E-state index contributed by atoms with van der Waals surface area (Å²) in [5, 5.41) is 0. The van der Waals surface area contributed by atoms with Gasteiger partial charge in [-0.15, -0.1) is 0 Å². The maximum absolute atomic E-state index is 12.5. The van der Waals surface area contributed by atoms with Crippen LogP contribution in [0.4, 0.5) is 0 Å². The lowest BCUT2D eigenvalue weighted by Crippen LogP contribution is -2.25. The first-order chi connectivity index (χ1) is 13.6. The molecule has 152 valence electrons. The quantitative estimate of drug-likeness (QED) is 0.489. The SMILES string of the molecule is CCOP(=O)(OCC)Oc1ccc(-c2ccccc2OC2CCCCO2)cc1. The molecule has 7 heteroatoms. The summed E-state index contributed by atoms with van der Waals surface area (Å²) in [5.74, 6) is 1.19. The average molecular weight is 406 g/mol. The molecule has 1 unspecified atom stereocenters. The van der Waals surface area contributed by atoms with Crippen LogP contribution in [0, 0.1) is 0 Å². The molecule has 1 saturated heterocycles. The summed E-state index contributed by atoms with van der Waals surface area (Å²) in [7, 11) is -3.60. The summed E-state index contributed by atoms with van der Waals surface area (Å²) >= 11 is 0. The molecule has 0 aliphatic carbocycles. The highest BCUT2D eigenvalue weighted by Gasteiger charge is 2.27. The molecule has 1 atom stereocenters. The zero-order chi connectivity index (χ0) is 19.8. The van der Waals surface area contributed by atoms with Crippen LogP contribution in [0.15, 0.2) is 48.5 Å². The molecule has 1 fully saturated rings. The number of para-hydroxylation sites is 1. The van der Waals surface area contributed by atoms with Crippen molar-refractivity contribution in [3.05, 3.63) is 48.5 Å². The molecule has 28 heavy (non-hydrogen) atoms. The van der Waals surface area contributed by atoms with E-state index in [1.54, 1.807) is 26.0 Å². The van der Waals surface area contributed by atoms with E-state index >= 15 is 0 Å². The van der Waals surface area contributed by atoms with E-state index in [9.17, 15) is 4.57 Å². The Labute approximate surface area is 166 Å². The van der Waals surface area contributed by atoms with Gasteiger partial charge in [0, 0.05) is 12.0 Å². The largest absolute Gasteiger partial charge is 0.530 e. The Morgan fingerprint density at radius 3 is 2.36 bits per heavy atom. The van der Waals surface area contributed by atoms with Crippen LogP contribution in [0.25, 0.3) is 11.1 Å².